The molecular formula is C17H16NO2P. The highest BCUT2D eigenvalue weighted by molar-refractivity contribution is 7.35. The number of rotatable bonds is 3. The summed E-state index contributed by atoms with van der Waals surface area (Å²) in [7, 11) is -2.65. The Morgan fingerprint density at radius 3 is 2.90 bits per heavy atom. The van der Waals surface area contributed by atoms with Crippen molar-refractivity contribution in [3.63, 3.8) is 0 Å². The lowest BCUT2D eigenvalue weighted by molar-refractivity contribution is 0.489. The third kappa shape index (κ3) is 2.09. The van der Waals surface area contributed by atoms with Gasteiger partial charge >= 0.3 is 0 Å². The van der Waals surface area contributed by atoms with Crippen molar-refractivity contribution in [2.75, 3.05) is 0 Å². The van der Waals surface area contributed by atoms with Crippen molar-refractivity contribution in [2.24, 2.45) is 0 Å². The summed E-state index contributed by atoms with van der Waals surface area (Å²) in [5, 5.41) is 5.15. The molecule has 106 valence electrons. The summed E-state index contributed by atoms with van der Waals surface area (Å²) >= 11 is 0. The molecule has 2 aromatic rings. The van der Waals surface area contributed by atoms with Gasteiger partial charge in [-0.2, -0.15) is 0 Å². The van der Waals surface area contributed by atoms with Gasteiger partial charge < -0.3 is 4.89 Å². The van der Waals surface area contributed by atoms with Gasteiger partial charge in [0, 0.05) is 12.5 Å². The van der Waals surface area contributed by atoms with Crippen molar-refractivity contribution in [3.8, 4) is 0 Å². The molecule has 21 heavy (non-hydrogen) atoms. The first kappa shape index (κ1) is 13.0. The summed E-state index contributed by atoms with van der Waals surface area (Å²) < 4.78 is 10.9. The molecule has 0 fully saturated rings. The number of hydrogen-bond acceptors (Lipinski definition) is 1. The molecule has 2 aliphatic rings. The summed E-state index contributed by atoms with van der Waals surface area (Å²) in [4.78, 5) is 9.00. The molecule has 0 saturated carbocycles. The van der Waals surface area contributed by atoms with Crippen molar-refractivity contribution < 1.29 is 9.46 Å². The van der Waals surface area contributed by atoms with E-state index in [2.05, 4.69) is 47.6 Å². The highest BCUT2D eigenvalue weighted by Gasteiger charge is 2.22. The van der Waals surface area contributed by atoms with Crippen molar-refractivity contribution in [1.29, 1.82) is 0 Å². The maximum absolute atomic E-state index is 10.9. The molecule has 2 aliphatic carbocycles. The predicted molar refractivity (Wildman–Crippen MR) is 87.4 cm³/mol. The van der Waals surface area contributed by atoms with Gasteiger partial charge in [-0.15, -0.1) is 0 Å². The number of allylic oxidation sites excluding steroid dienone is 2. The molecular weight excluding hydrogens is 281 g/mol. The van der Waals surface area contributed by atoms with Crippen LogP contribution in [0.5, 0.6) is 0 Å². The number of benzene rings is 2. The normalized spacial score (nSPS) is 20.0. The van der Waals surface area contributed by atoms with E-state index in [9.17, 15) is 4.57 Å². The van der Waals surface area contributed by atoms with Crippen LogP contribution in [0, 0.1) is 0 Å². The summed E-state index contributed by atoms with van der Waals surface area (Å²) in [6, 6.07) is 8.45. The molecule has 4 heteroatoms. The average Bonchev–Trinajstić information content (AvgIpc) is 2.51. The van der Waals surface area contributed by atoms with E-state index >= 15 is 0 Å². The van der Waals surface area contributed by atoms with Crippen LogP contribution in [-0.4, -0.2) is 4.89 Å². The molecule has 4 rings (SSSR count). The Hall–Kier alpha value is -1.67. The van der Waals surface area contributed by atoms with Crippen LogP contribution in [0.25, 0.3) is 22.9 Å². The molecule has 3 nitrogen and oxygen atoms in total. The molecule has 0 heterocycles. The molecule has 2 aromatic carbocycles. The molecule has 0 spiro atoms. The fourth-order valence-corrected chi connectivity index (χ4v) is 3.78. The Morgan fingerprint density at radius 2 is 2.05 bits per heavy atom. The van der Waals surface area contributed by atoms with E-state index in [-0.39, 0.29) is 0 Å². The van der Waals surface area contributed by atoms with Crippen LogP contribution in [0.3, 0.4) is 0 Å². The second-order valence-electron chi connectivity index (χ2n) is 5.57. The average molecular weight is 297 g/mol. The monoisotopic (exact) mass is 297 g/mol. The zero-order valence-electron chi connectivity index (χ0n) is 11.5. The maximum atomic E-state index is 10.9. The molecule has 0 aliphatic heterocycles. The highest BCUT2D eigenvalue weighted by Crippen LogP contribution is 2.42. The van der Waals surface area contributed by atoms with Crippen LogP contribution >= 0.6 is 8.18 Å². The van der Waals surface area contributed by atoms with Gasteiger partial charge in [0.2, 0.25) is 0 Å². The van der Waals surface area contributed by atoms with Crippen molar-refractivity contribution in [3.05, 3.63) is 58.7 Å². The molecule has 2 N–H and O–H groups in total. The van der Waals surface area contributed by atoms with Gasteiger partial charge in [0.15, 0.2) is 0 Å². The number of nitrogens with one attached hydrogen (secondary N) is 1. The zero-order chi connectivity index (χ0) is 14.4. The van der Waals surface area contributed by atoms with Gasteiger partial charge in [-0.25, -0.2) is 5.09 Å². The molecule has 2 atom stereocenters. The van der Waals surface area contributed by atoms with E-state index in [0.29, 0.717) is 12.5 Å². The van der Waals surface area contributed by atoms with Gasteiger partial charge in [-0.05, 0) is 39.4 Å². The summed E-state index contributed by atoms with van der Waals surface area (Å²) in [5.41, 5.74) is 5.03. The minimum atomic E-state index is -2.65. The smallest absolute Gasteiger partial charge is 0.255 e. The Balaban J connectivity index is 1.96. The fourth-order valence-electron chi connectivity index (χ4n) is 3.44. The minimum Gasteiger partial charge on any atom is -0.335 e. The van der Waals surface area contributed by atoms with Crippen LogP contribution in [0.2, 0.25) is 0 Å². The third-order valence-electron chi connectivity index (χ3n) is 4.37. The van der Waals surface area contributed by atoms with Crippen molar-refractivity contribution in [2.45, 2.75) is 18.9 Å². The highest BCUT2D eigenvalue weighted by atomic mass is 31.1. The Labute approximate surface area is 123 Å². The predicted octanol–water partition coefficient (Wildman–Crippen LogP) is 3.84. The van der Waals surface area contributed by atoms with E-state index in [1.54, 1.807) is 0 Å². The quantitative estimate of drug-likeness (QED) is 0.846. The second-order valence-corrected chi connectivity index (χ2v) is 6.53. The first-order valence-electron chi connectivity index (χ1n) is 7.14. The standard InChI is InChI=1S/C17H16NO2P/c19-21(20)18-10-14-7-6-13-5-4-11-2-1-3-12-8-9-15(14)17(13)16(11)12/h1,3-9,11,21H,2,10H2,(H2,18,19,20)/t11-/m1/s1. The molecule has 0 amide bonds. The second kappa shape index (κ2) is 4.96. The largest absolute Gasteiger partial charge is 0.335 e. The molecule has 0 bridgehead atoms. The topological polar surface area (TPSA) is 49.3 Å². The van der Waals surface area contributed by atoms with Crippen molar-refractivity contribution in [1.82, 2.24) is 5.09 Å². The van der Waals surface area contributed by atoms with E-state index in [0.717, 1.165) is 12.0 Å². The maximum Gasteiger partial charge on any atom is 0.255 e. The Bertz CT molecular complexity index is 823. The van der Waals surface area contributed by atoms with Crippen LogP contribution in [0.1, 0.15) is 34.6 Å². The SMILES string of the molecule is O=[PH](O)NCc1ccc2c3c4c(ccc13)C=CC[C@@H]4C=C2. The molecule has 0 aromatic heterocycles. The van der Waals surface area contributed by atoms with Gasteiger partial charge in [0.05, 0.1) is 0 Å². The van der Waals surface area contributed by atoms with E-state index < -0.39 is 8.18 Å². The summed E-state index contributed by atoms with van der Waals surface area (Å²) in [6.45, 7) is 0.425. The lowest BCUT2D eigenvalue weighted by atomic mass is 9.78. The van der Waals surface area contributed by atoms with Gasteiger partial charge in [-0.3, -0.25) is 4.57 Å². The van der Waals surface area contributed by atoms with Crippen LogP contribution in [0.4, 0.5) is 0 Å². The molecule has 0 saturated heterocycles. The fraction of sp³-hybridized carbons (Fsp3) is 0.176. The summed E-state index contributed by atoms with van der Waals surface area (Å²) in [5.74, 6) is 0.460. The number of hydrogen-bond donors (Lipinski definition) is 2. The Morgan fingerprint density at radius 1 is 1.19 bits per heavy atom. The van der Waals surface area contributed by atoms with E-state index in [1.165, 1.54) is 27.5 Å². The molecule has 0 radical (unpaired) electrons. The van der Waals surface area contributed by atoms with Crippen LogP contribution in [0.15, 0.2) is 36.4 Å². The van der Waals surface area contributed by atoms with Crippen LogP contribution in [-0.2, 0) is 11.1 Å². The summed E-state index contributed by atoms with van der Waals surface area (Å²) in [6.07, 6.45) is 9.97. The lowest BCUT2D eigenvalue weighted by Gasteiger charge is -2.26. The van der Waals surface area contributed by atoms with Gasteiger partial charge in [0.1, 0.15) is 0 Å². The zero-order valence-corrected chi connectivity index (χ0v) is 12.5. The van der Waals surface area contributed by atoms with Crippen LogP contribution < -0.4 is 5.09 Å². The Kier molecular flexibility index (Phi) is 3.07. The van der Waals surface area contributed by atoms with E-state index in [4.69, 9.17) is 4.89 Å². The first-order chi connectivity index (χ1) is 10.2. The lowest BCUT2D eigenvalue weighted by Crippen LogP contribution is -2.09. The van der Waals surface area contributed by atoms with E-state index in [1.807, 2.05) is 6.07 Å². The van der Waals surface area contributed by atoms with Crippen molar-refractivity contribution >= 4 is 31.1 Å². The van der Waals surface area contributed by atoms with Gasteiger partial charge in [-0.1, -0.05) is 48.6 Å². The molecule has 1 unspecified atom stereocenters. The minimum absolute atomic E-state index is 0.425. The first-order valence-corrected chi connectivity index (χ1v) is 8.49. The van der Waals surface area contributed by atoms with Gasteiger partial charge in [0.25, 0.3) is 8.18 Å². The third-order valence-corrected chi connectivity index (χ3v) is 4.85.